The average Bonchev–Trinajstić information content (AvgIpc) is 2.23. The molecule has 110 valence electrons. The highest BCUT2D eigenvalue weighted by Gasteiger charge is 2.25. The van der Waals surface area contributed by atoms with E-state index in [0.29, 0.717) is 6.42 Å². The Bertz CT molecular complexity index is 302. The molecule has 0 aliphatic heterocycles. The number of amides is 1. The van der Waals surface area contributed by atoms with Crippen molar-refractivity contribution in [3.05, 3.63) is 0 Å². The lowest BCUT2D eigenvalue weighted by molar-refractivity contribution is -0.143. The lowest BCUT2D eigenvalue weighted by atomic mass is 9.83. The van der Waals surface area contributed by atoms with Crippen molar-refractivity contribution in [1.29, 1.82) is 0 Å². The van der Waals surface area contributed by atoms with Gasteiger partial charge in [-0.15, -0.1) is 0 Å². The minimum atomic E-state index is -1.43. The summed E-state index contributed by atoms with van der Waals surface area (Å²) in [5.74, 6) is -0.599. The molecule has 3 N–H and O–H groups in total. The third-order valence-corrected chi connectivity index (χ3v) is 2.13. The second-order valence-electron chi connectivity index (χ2n) is 5.13. The highest BCUT2D eigenvalue weighted by atomic mass is 16.6. The van der Waals surface area contributed by atoms with Crippen LogP contribution in [-0.4, -0.2) is 48.0 Å². The van der Waals surface area contributed by atoms with Gasteiger partial charge in [0.25, 0.3) is 0 Å². The summed E-state index contributed by atoms with van der Waals surface area (Å²) in [6.07, 6.45) is -0.00674. The molecule has 0 saturated carbocycles. The summed E-state index contributed by atoms with van der Waals surface area (Å²) in [6.45, 7) is 5.13. The Kier molecular flexibility index (Phi) is 7.47. The van der Waals surface area contributed by atoms with E-state index in [1.807, 2.05) is 0 Å². The van der Waals surface area contributed by atoms with E-state index in [4.69, 9.17) is 14.8 Å². The van der Waals surface area contributed by atoms with Gasteiger partial charge < -0.3 is 24.8 Å². The zero-order chi connectivity index (χ0) is 15.1. The summed E-state index contributed by atoms with van der Waals surface area (Å²) in [5, 5.41) is 19.8. The van der Waals surface area contributed by atoms with Crippen LogP contribution >= 0.6 is 0 Å². The molecule has 0 aliphatic carbocycles. The summed E-state index contributed by atoms with van der Waals surface area (Å²) in [4.78, 5) is 23.0. The Hall–Kier alpha value is -1.28. The minimum absolute atomic E-state index is 0.115. The predicted octanol–water partition coefficient (Wildman–Crippen LogP) is 0.306. The lowest BCUT2D eigenvalue weighted by Gasteiger charge is -2.22. The van der Waals surface area contributed by atoms with Crippen molar-refractivity contribution < 1.29 is 29.1 Å². The molecule has 0 aromatic carbocycles. The lowest BCUT2D eigenvalue weighted by Crippen LogP contribution is -2.44. The number of ether oxygens (including phenoxy) is 2. The number of methoxy groups -OCH3 is 1. The van der Waals surface area contributed by atoms with Crippen LogP contribution < -0.4 is 5.32 Å². The van der Waals surface area contributed by atoms with Crippen molar-refractivity contribution >= 4 is 19.2 Å². The Morgan fingerprint density at radius 3 is 2.32 bits per heavy atom. The van der Waals surface area contributed by atoms with Crippen LogP contribution in [-0.2, 0) is 14.3 Å². The molecule has 1 atom stereocenters. The van der Waals surface area contributed by atoms with Gasteiger partial charge in [-0.05, 0) is 33.5 Å². The average molecular weight is 275 g/mol. The van der Waals surface area contributed by atoms with Gasteiger partial charge in [0.05, 0.1) is 7.11 Å². The number of hydrogen-bond donors (Lipinski definition) is 3. The van der Waals surface area contributed by atoms with Gasteiger partial charge in [0.1, 0.15) is 11.6 Å². The van der Waals surface area contributed by atoms with E-state index in [1.54, 1.807) is 20.8 Å². The number of nitrogens with one attached hydrogen (secondary N) is 1. The summed E-state index contributed by atoms with van der Waals surface area (Å²) in [5.41, 5.74) is -0.661. The largest absolute Gasteiger partial charge is 0.467 e. The van der Waals surface area contributed by atoms with E-state index in [2.05, 4.69) is 10.1 Å². The Morgan fingerprint density at radius 1 is 1.32 bits per heavy atom. The van der Waals surface area contributed by atoms with Crippen LogP contribution in [0, 0.1) is 0 Å². The Morgan fingerprint density at radius 2 is 1.89 bits per heavy atom. The first-order valence-electron chi connectivity index (χ1n) is 6.09. The maximum Gasteiger partial charge on any atom is 0.451 e. The number of hydrogen-bond acceptors (Lipinski definition) is 6. The topological polar surface area (TPSA) is 105 Å². The van der Waals surface area contributed by atoms with Crippen LogP contribution in [0.1, 0.15) is 33.6 Å². The maximum absolute atomic E-state index is 11.5. The molecule has 0 unspecified atom stereocenters. The van der Waals surface area contributed by atoms with Crippen LogP contribution in [0.4, 0.5) is 4.79 Å². The van der Waals surface area contributed by atoms with Gasteiger partial charge in [0.2, 0.25) is 0 Å². The molecule has 7 nitrogen and oxygen atoms in total. The molecule has 0 fully saturated rings. The van der Waals surface area contributed by atoms with Crippen molar-refractivity contribution in [3.8, 4) is 0 Å². The van der Waals surface area contributed by atoms with Crippen molar-refractivity contribution in [3.63, 3.8) is 0 Å². The van der Waals surface area contributed by atoms with Crippen LogP contribution in [0.3, 0.4) is 0 Å². The highest BCUT2D eigenvalue weighted by molar-refractivity contribution is 6.40. The van der Waals surface area contributed by atoms with E-state index in [0.717, 1.165) is 0 Å². The van der Waals surface area contributed by atoms with Gasteiger partial charge in [0.15, 0.2) is 0 Å². The van der Waals surface area contributed by atoms with E-state index < -0.39 is 30.8 Å². The Balaban J connectivity index is 4.35. The molecule has 1 amide bonds. The van der Waals surface area contributed by atoms with Crippen molar-refractivity contribution in [2.75, 3.05) is 7.11 Å². The van der Waals surface area contributed by atoms with E-state index in [9.17, 15) is 9.59 Å². The number of carbonyl (C=O) groups excluding carboxylic acids is 2. The molecule has 8 heteroatoms. The summed E-state index contributed by atoms with van der Waals surface area (Å²) >= 11 is 0. The van der Waals surface area contributed by atoms with Crippen molar-refractivity contribution in [2.24, 2.45) is 0 Å². The normalized spacial score (nSPS) is 12.5. The molecule has 19 heavy (non-hydrogen) atoms. The highest BCUT2D eigenvalue weighted by Crippen LogP contribution is 2.09. The molecule has 0 aliphatic rings. The molecule has 0 radical (unpaired) electrons. The SMILES string of the molecule is COC(=O)[C@H](CCCB(O)O)NC(=O)OC(C)(C)C. The van der Waals surface area contributed by atoms with Gasteiger partial charge in [-0.1, -0.05) is 6.42 Å². The fourth-order valence-electron chi connectivity index (χ4n) is 1.35. The van der Waals surface area contributed by atoms with Gasteiger partial charge in [-0.25, -0.2) is 9.59 Å². The maximum atomic E-state index is 11.5. The third kappa shape index (κ3) is 9.32. The molecule has 0 saturated heterocycles. The predicted molar refractivity (Wildman–Crippen MR) is 69.4 cm³/mol. The van der Waals surface area contributed by atoms with Crippen LogP contribution in [0.5, 0.6) is 0 Å². The molecule has 0 rings (SSSR count). The molecular formula is C11H22BNO6. The number of rotatable bonds is 6. The number of esters is 1. The van der Waals surface area contributed by atoms with Gasteiger partial charge in [-0.2, -0.15) is 0 Å². The van der Waals surface area contributed by atoms with E-state index >= 15 is 0 Å². The quantitative estimate of drug-likeness (QED) is 0.476. The first-order chi connectivity index (χ1) is 8.65. The van der Waals surface area contributed by atoms with Gasteiger partial charge in [0, 0.05) is 0 Å². The van der Waals surface area contributed by atoms with Crippen molar-refractivity contribution in [2.45, 2.75) is 51.6 Å². The molecule has 0 bridgehead atoms. The summed E-state index contributed by atoms with van der Waals surface area (Å²) in [7, 11) is -0.215. The fraction of sp³-hybridized carbons (Fsp3) is 0.818. The third-order valence-electron chi connectivity index (χ3n) is 2.13. The van der Waals surface area contributed by atoms with Gasteiger partial charge >= 0.3 is 19.2 Å². The molecule has 0 spiro atoms. The summed E-state index contributed by atoms with van der Waals surface area (Å²) in [6, 6.07) is -0.862. The number of carbonyl (C=O) groups is 2. The first kappa shape index (κ1) is 17.7. The zero-order valence-electron chi connectivity index (χ0n) is 11.8. The fourth-order valence-corrected chi connectivity index (χ4v) is 1.35. The van der Waals surface area contributed by atoms with E-state index in [1.165, 1.54) is 7.11 Å². The smallest absolute Gasteiger partial charge is 0.451 e. The number of alkyl carbamates (subject to hydrolysis) is 1. The van der Waals surface area contributed by atoms with Gasteiger partial charge in [-0.3, -0.25) is 0 Å². The molecular weight excluding hydrogens is 253 g/mol. The molecule has 0 aromatic heterocycles. The van der Waals surface area contributed by atoms with Crippen LogP contribution in [0.25, 0.3) is 0 Å². The van der Waals surface area contributed by atoms with Crippen LogP contribution in [0.2, 0.25) is 6.32 Å². The summed E-state index contributed by atoms with van der Waals surface area (Å²) < 4.78 is 9.60. The van der Waals surface area contributed by atoms with Crippen molar-refractivity contribution in [1.82, 2.24) is 5.32 Å². The first-order valence-corrected chi connectivity index (χ1v) is 6.09. The minimum Gasteiger partial charge on any atom is -0.467 e. The second-order valence-corrected chi connectivity index (χ2v) is 5.13. The van der Waals surface area contributed by atoms with E-state index in [-0.39, 0.29) is 12.7 Å². The monoisotopic (exact) mass is 275 g/mol. The standard InChI is InChI=1S/C11H22BNO6/c1-11(2,3)19-10(15)13-8(9(14)18-4)6-5-7-12(16)17/h8,16-17H,5-7H2,1-4H3,(H,13,15)/t8-/m0/s1. The zero-order valence-corrected chi connectivity index (χ0v) is 11.8. The second kappa shape index (κ2) is 8.01. The van der Waals surface area contributed by atoms with Crippen LogP contribution in [0.15, 0.2) is 0 Å². The molecule has 0 heterocycles. The Labute approximate surface area is 113 Å². The molecule has 0 aromatic rings.